The molecule has 0 atom stereocenters. The first-order chi connectivity index (χ1) is 25.4. The van der Waals surface area contributed by atoms with Gasteiger partial charge in [-0.05, 0) is 58.7 Å². The normalized spacial score (nSPS) is 12.3. The molecule has 3 N–H and O–H groups in total. The molecular weight excluding hydrogens is 653 g/mol. The van der Waals surface area contributed by atoms with Crippen LogP contribution in [0.4, 0.5) is 11.4 Å². The van der Waals surface area contributed by atoms with E-state index in [1.807, 2.05) is 59.3 Å². The summed E-state index contributed by atoms with van der Waals surface area (Å²) < 4.78 is 1.86. The summed E-state index contributed by atoms with van der Waals surface area (Å²) in [6.45, 7) is 0.00178. The van der Waals surface area contributed by atoms with Gasteiger partial charge < -0.3 is 11.1 Å². The van der Waals surface area contributed by atoms with Crippen molar-refractivity contribution in [3.63, 3.8) is 0 Å². The van der Waals surface area contributed by atoms with Crippen LogP contribution in [0.2, 0.25) is 0 Å². The molecule has 0 radical (unpaired) electrons. The fourth-order valence-electron chi connectivity index (χ4n) is 6.51. The minimum atomic E-state index is -0.864. The highest BCUT2D eigenvalue weighted by Crippen LogP contribution is 2.40. The predicted molar refractivity (Wildman–Crippen MR) is 195 cm³/mol. The van der Waals surface area contributed by atoms with E-state index in [2.05, 4.69) is 57.8 Å². The molecule has 0 fully saturated rings. The van der Waals surface area contributed by atoms with Gasteiger partial charge in [0.25, 0.3) is 11.8 Å². The van der Waals surface area contributed by atoms with Gasteiger partial charge in [0.15, 0.2) is 5.82 Å². The van der Waals surface area contributed by atoms with Crippen LogP contribution in [0.1, 0.15) is 50.4 Å². The Bertz CT molecular complexity index is 2250. The molecule has 0 spiro atoms. The number of primary amides is 1. The molecule has 1 aliphatic rings. The molecule has 0 unspecified atom stereocenters. The fourth-order valence-corrected chi connectivity index (χ4v) is 6.51. The average Bonchev–Trinajstić information content (AvgIpc) is 3.67. The van der Waals surface area contributed by atoms with Crippen LogP contribution in [0.15, 0.2) is 145 Å². The molecule has 1 aliphatic heterocycles. The molecule has 52 heavy (non-hydrogen) atoms. The minimum absolute atomic E-state index is 0.00178. The van der Waals surface area contributed by atoms with E-state index in [-0.39, 0.29) is 36.7 Å². The van der Waals surface area contributed by atoms with Gasteiger partial charge in [-0.25, -0.2) is 14.7 Å². The van der Waals surface area contributed by atoms with Crippen molar-refractivity contribution in [2.24, 2.45) is 10.7 Å². The maximum atomic E-state index is 13.7. The lowest BCUT2D eigenvalue weighted by Crippen LogP contribution is -2.45. The maximum absolute atomic E-state index is 13.7. The summed E-state index contributed by atoms with van der Waals surface area (Å²) in [6, 6.07) is 43.7. The van der Waals surface area contributed by atoms with Crippen LogP contribution < -0.4 is 11.1 Å². The summed E-state index contributed by atoms with van der Waals surface area (Å²) in [5.41, 5.74) is 9.86. The predicted octanol–water partition coefficient (Wildman–Crippen LogP) is 5.73. The van der Waals surface area contributed by atoms with Crippen LogP contribution in [-0.4, -0.2) is 43.2 Å². The summed E-state index contributed by atoms with van der Waals surface area (Å²) >= 11 is 0. The Morgan fingerprint density at radius 3 is 2.04 bits per heavy atom. The summed E-state index contributed by atoms with van der Waals surface area (Å²) in [7, 11) is 0. The van der Waals surface area contributed by atoms with Gasteiger partial charge in [-0.2, -0.15) is 10.4 Å². The fraction of sp³-hybridized carbons (Fsp3) is 0.0976. The quantitative estimate of drug-likeness (QED) is 0.175. The van der Waals surface area contributed by atoms with Crippen LogP contribution in [-0.2, 0) is 28.1 Å². The zero-order valence-electron chi connectivity index (χ0n) is 27.9. The average molecular weight is 685 g/mol. The molecule has 0 saturated carbocycles. The van der Waals surface area contributed by atoms with Crippen LogP contribution >= 0.6 is 0 Å². The molecule has 11 nitrogen and oxygen atoms in total. The van der Waals surface area contributed by atoms with Crippen molar-refractivity contribution in [3.05, 3.63) is 179 Å². The Kier molecular flexibility index (Phi) is 9.19. The zero-order valence-corrected chi connectivity index (χ0v) is 27.9. The van der Waals surface area contributed by atoms with Crippen molar-refractivity contribution in [3.8, 4) is 6.07 Å². The first-order valence-electron chi connectivity index (χ1n) is 16.6. The molecule has 254 valence electrons. The standard InChI is InChI=1S/C41H32N8O3/c42-25-28-19-20-35-30(23-28)26-48(39(46-35)38(43)51)40(52)29-11-10-18-34(24-29)45-37(50)22-21-36-44-27-49(47-36)41(31-12-4-1-5-13-31,32-14-6-2-7-15-32)33-16-8-3-9-17-33/h1-20,23-24,27H,21-22,26H2,(H2,43,51)(H,45,50). The summed E-state index contributed by atoms with van der Waals surface area (Å²) in [5, 5.41) is 17.1. The number of anilines is 1. The lowest BCUT2D eigenvalue weighted by Gasteiger charge is -2.35. The number of carbonyl (C=O) groups excluding carboxylic acids is 3. The number of carbonyl (C=O) groups is 3. The lowest BCUT2D eigenvalue weighted by molar-refractivity contribution is -0.116. The lowest BCUT2D eigenvalue weighted by atomic mass is 9.77. The van der Waals surface area contributed by atoms with Gasteiger partial charge in [0.05, 0.1) is 23.9 Å². The van der Waals surface area contributed by atoms with Gasteiger partial charge in [0.1, 0.15) is 11.9 Å². The van der Waals surface area contributed by atoms with Crippen LogP contribution in [0, 0.1) is 11.3 Å². The second-order valence-electron chi connectivity index (χ2n) is 12.2. The number of nitriles is 1. The molecule has 0 saturated heterocycles. The van der Waals surface area contributed by atoms with E-state index in [9.17, 15) is 19.6 Å². The van der Waals surface area contributed by atoms with Gasteiger partial charge >= 0.3 is 0 Å². The number of rotatable bonds is 10. The van der Waals surface area contributed by atoms with E-state index < -0.39 is 17.4 Å². The molecular formula is C41H32N8O3. The third-order valence-electron chi connectivity index (χ3n) is 8.91. The molecule has 3 amide bonds. The molecule has 6 aromatic rings. The highest BCUT2D eigenvalue weighted by atomic mass is 16.2. The summed E-state index contributed by atoms with van der Waals surface area (Å²) in [5.74, 6) is -1.40. The first-order valence-corrected chi connectivity index (χ1v) is 16.6. The third kappa shape index (κ3) is 6.44. The van der Waals surface area contributed by atoms with Crippen molar-refractivity contribution in [1.82, 2.24) is 19.7 Å². The monoisotopic (exact) mass is 684 g/mol. The Hall–Kier alpha value is -7.19. The Balaban J connectivity index is 1.09. The number of benzene rings is 5. The number of amidine groups is 1. The van der Waals surface area contributed by atoms with E-state index in [1.165, 1.54) is 11.0 Å². The minimum Gasteiger partial charge on any atom is -0.363 e. The second kappa shape index (κ2) is 14.3. The number of nitrogens with one attached hydrogen (secondary N) is 1. The van der Waals surface area contributed by atoms with Crippen LogP contribution in [0.3, 0.4) is 0 Å². The SMILES string of the molecule is N#Cc1ccc2c(c1)CN(C(=O)c1cccc(NC(=O)CCc3ncn(C(c4ccccc4)(c4ccccc4)c4ccccc4)n3)c1)C(C(N)=O)=N2. The molecule has 5 aromatic carbocycles. The van der Waals surface area contributed by atoms with Crippen LogP contribution in [0.5, 0.6) is 0 Å². The molecule has 7 rings (SSSR count). The summed E-state index contributed by atoms with van der Waals surface area (Å²) in [4.78, 5) is 49.2. The smallest absolute Gasteiger partial charge is 0.284 e. The van der Waals surface area contributed by atoms with Crippen molar-refractivity contribution in [1.29, 1.82) is 5.26 Å². The van der Waals surface area contributed by atoms with Gasteiger partial charge in [-0.3, -0.25) is 19.3 Å². The van der Waals surface area contributed by atoms with E-state index in [4.69, 9.17) is 10.8 Å². The molecule has 1 aromatic heterocycles. The van der Waals surface area contributed by atoms with Crippen LogP contribution in [0.25, 0.3) is 0 Å². The number of amides is 3. The Morgan fingerprint density at radius 2 is 1.44 bits per heavy atom. The number of nitrogens with two attached hydrogens (primary N) is 1. The number of fused-ring (bicyclic) bond motifs is 1. The Morgan fingerprint density at radius 1 is 0.808 bits per heavy atom. The first kappa shape index (κ1) is 33.3. The number of hydrogen-bond acceptors (Lipinski definition) is 7. The topological polar surface area (TPSA) is 159 Å². The van der Waals surface area contributed by atoms with Crippen molar-refractivity contribution >= 4 is 34.9 Å². The number of aromatic nitrogens is 3. The van der Waals surface area contributed by atoms with Gasteiger partial charge in [-0.15, -0.1) is 0 Å². The van der Waals surface area contributed by atoms with E-state index in [0.29, 0.717) is 28.3 Å². The molecule has 11 heteroatoms. The molecule has 0 bridgehead atoms. The van der Waals surface area contributed by atoms with Crippen molar-refractivity contribution in [2.45, 2.75) is 24.9 Å². The van der Waals surface area contributed by atoms with Crippen molar-refractivity contribution < 1.29 is 14.4 Å². The number of aliphatic imine (C=N–C) groups is 1. The third-order valence-corrected chi connectivity index (χ3v) is 8.91. The highest BCUT2D eigenvalue weighted by molar-refractivity contribution is 6.41. The summed E-state index contributed by atoms with van der Waals surface area (Å²) in [6.07, 6.45) is 2.06. The highest BCUT2D eigenvalue weighted by Gasteiger charge is 2.39. The maximum Gasteiger partial charge on any atom is 0.284 e. The number of hydrogen-bond donors (Lipinski definition) is 2. The second-order valence-corrected chi connectivity index (χ2v) is 12.2. The van der Waals surface area contributed by atoms with Crippen molar-refractivity contribution in [2.75, 3.05) is 5.32 Å². The largest absolute Gasteiger partial charge is 0.363 e. The van der Waals surface area contributed by atoms with Gasteiger partial charge in [0.2, 0.25) is 11.7 Å². The van der Waals surface area contributed by atoms with E-state index in [0.717, 1.165) is 16.7 Å². The Labute approximate surface area is 299 Å². The number of nitrogens with zero attached hydrogens (tertiary/aromatic N) is 6. The van der Waals surface area contributed by atoms with E-state index in [1.54, 1.807) is 42.7 Å². The molecule has 2 heterocycles. The van der Waals surface area contributed by atoms with Gasteiger partial charge in [-0.1, -0.05) is 97.1 Å². The van der Waals surface area contributed by atoms with Gasteiger partial charge in [0, 0.05) is 24.1 Å². The number of aryl methyl sites for hydroxylation is 1. The zero-order chi connectivity index (χ0) is 36.1. The molecule has 0 aliphatic carbocycles. The van der Waals surface area contributed by atoms with E-state index >= 15 is 0 Å².